The number of hydrogen-bond donors (Lipinski definition) is 0. The third-order valence-corrected chi connectivity index (χ3v) is 6.91. The molecule has 0 aliphatic heterocycles. The van der Waals surface area contributed by atoms with Gasteiger partial charge in [0.15, 0.2) is 5.16 Å². The number of benzene rings is 1. The van der Waals surface area contributed by atoms with Gasteiger partial charge in [-0.25, -0.2) is 4.98 Å². The molecule has 2 aromatic heterocycles. The van der Waals surface area contributed by atoms with Crippen molar-refractivity contribution in [3.05, 3.63) is 50.6 Å². The van der Waals surface area contributed by atoms with E-state index < -0.39 is 0 Å². The zero-order valence-electron chi connectivity index (χ0n) is 14.7. The molecule has 0 fully saturated rings. The third-order valence-electron chi connectivity index (χ3n) is 4.70. The summed E-state index contributed by atoms with van der Waals surface area (Å²) in [6.07, 6.45) is 5.56. The van der Waals surface area contributed by atoms with Crippen LogP contribution in [0.1, 0.15) is 42.2 Å². The van der Waals surface area contributed by atoms with Crippen molar-refractivity contribution in [1.29, 1.82) is 0 Å². The highest BCUT2D eigenvalue weighted by Crippen LogP contribution is 2.36. The average Bonchev–Trinajstić information content (AvgIpc) is 3.15. The molecule has 4 rings (SSSR count). The maximum Gasteiger partial charge on any atom is 0.267 e. The van der Waals surface area contributed by atoms with Crippen molar-refractivity contribution in [3.63, 3.8) is 0 Å². The summed E-state index contributed by atoms with van der Waals surface area (Å²) in [5, 5.41) is 1.69. The van der Waals surface area contributed by atoms with E-state index in [0.717, 1.165) is 64.5 Å². The van der Waals surface area contributed by atoms with Crippen LogP contribution in [0.25, 0.3) is 15.9 Å². The van der Waals surface area contributed by atoms with Gasteiger partial charge in [-0.05, 0) is 55.9 Å². The summed E-state index contributed by atoms with van der Waals surface area (Å²) in [5.74, 6) is 0.991. The molecule has 1 aliphatic rings. The van der Waals surface area contributed by atoms with Gasteiger partial charge in [0.25, 0.3) is 5.56 Å². The topological polar surface area (TPSA) is 34.9 Å². The Morgan fingerprint density at radius 1 is 1.32 bits per heavy atom. The fourth-order valence-electron chi connectivity index (χ4n) is 3.42. The third kappa shape index (κ3) is 3.04. The fraction of sp³-hybridized carbons (Fsp3) is 0.400. The molecule has 0 bridgehead atoms. The molecule has 0 spiro atoms. The van der Waals surface area contributed by atoms with Crippen LogP contribution in [0, 0.1) is 6.92 Å². The Hall–Kier alpha value is -1.59. The number of hydrogen-bond acceptors (Lipinski definition) is 4. The van der Waals surface area contributed by atoms with Gasteiger partial charge in [0.2, 0.25) is 0 Å². The zero-order chi connectivity index (χ0) is 17.4. The number of nitrogens with zero attached hydrogens (tertiary/aromatic N) is 2. The van der Waals surface area contributed by atoms with E-state index in [4.69, 9.17) is 4.98 Å². The molecule has 3 nitrogen and oxygen atoms in total. The van der Waals surface area contributed by atoms with Gasteiger partial charge in [0.1, 0.15) is 4.83 Å². The quantitative estimate of drug-likeness (QED) is 0.354. The van der Waals surface area contributed by atoms with E-state index >= 15 is 0 Å². The summed E-state index contributed by atoms with van der Waals surface area (Å²) in [4.78, 5) is 20.6. The van der Waals surface area contributed by atoms with Crippen molar-refractivity contribution in [3.8, 4) is 5.69 Å². The summed E-state index contributed by atoms with van der Waals surface area (Å²) in [6.45, 7) is 4.25. The summed E-state index contributed by atoms with van der Waals surface area (Å²) < 4.78 is 1.83. The lowest BCUT2D eigenvalue weighted by molar-refractivity contribution is 0.814. The van der Waals surface area contributed by atoms with Crippen LogP contribution in [0.15, 0.2) is 34.2 Å². The van der Waals surface area contributed by atoms with Crippen LogP contribution in [0.2, 0.25) is 0 Å². The first-order chi connectivity index (χ1) is 12.2. The molecule has 0 amide bonds. The number of rotatable bonds is 5. The lowest BCUT2D eigenvalue weighted by atomic mass is 10.2. The first-order valence-electron chi connectivity index (χ1n) is 8.96. The van der Waals surface area contributed by atoms with Gasteiger partial charge in [-0.1, -0.05) is 37.2 Å². The van der Waals surface area contributed by atoms with E-state index in [-0.39, 0.29) is 5.56 Å². The van der Waals surface area contributed by atoms with Gasteiger partial charge in [0, 0.05) is 10.6 Å². The van der Waals surface area contributed by atoms with Crippen molar-refractivity contribution in [2.45, 2.75) is 51.1 Å². The van der Waals surface area contributed by atoms with Crippen molar-refractivity contribution >= 4 is 33.3 Å². The van der Waals surface area contributed by atoms with Gasteiger partial charge in [-0.2, -0.15) is 0 Å². The molecule has 2 heterocycles. The van der Waals surface area contributed by atoms with Gasteiger partial charge in [-0.15, -0.1) is 11.3 Å². The number of thiophene rings is 1. The molecular formula is C20H22N2OS2. The molecule has 0 unspecified atom stereocenters. The number of thioether (sulfide) groups is 1. The summed E-state index contributed by atoms with van der Waals surface area (Å²) in [5.41, 5.74) is 3.44. The Balaban J connectivity index is 1.94. The predicted molar refractivity (Wildman–Crippen MR) is 108 cm³/mol. The summed E-state index contributed by atoms with van der Waals surface area (Å²) in [7, 11) is 0. The maximum absolute atomic E-state index is 13.4. The van der Waals surface area contributed by atoms with Crippen LogP contribution < -0.4 is 5.56 Å². The second-order valence-corrected chi connectivity index (χ2v) is 8.76. The van der Waals surface area contributed by atoms with Crippen LogP contribution in [0.5, 0.6) is 0 Å². The SMILES string of the molecule is CCCCSc1nc2sc3c(c2c(=O)n1-c1cccc(C)c1)CCC3. The number of aromatic nitrogens is 2. The van der Waals surface area contributed by atoms with Crippen molar-refractivity contribution in [2.75, 3.05) is 5.75 Å². The van der Waals surface area contributed by atoms with Crippen LogP contribution >= 0.6 is 23.1 Å². The minimum Gasteiger partial charge on any atom is -0.268 e. The largest absolute Gasteiger partial charge is 0.268 e. The smallest absolute Gasteiger partial charge is 0.267 e. The Kier molecular flexibility index (Phi) is 4.69. The maximum atomic E-state index is 13.4. The molecule has 0 radical (unpaired) electrons. The van der Waals surface area contributed by atoms with E-state index in [1.54, 1.807) is 23.1 Å². The molecule has 0 atom stereocenters. The van der Waals surface area contributed by atoms with E-state index in [9.17, 15) is 4.79 Å². The molecule has 1 aromatic carbocycles. The highest BCUT2D eigenvalue weighted by atomic mass is 32.2. The van der Waals surface area contributed by atoms with Crippen molar-refractivity contribution < 1.29 is 0 Å². The highest BCUT2D eigenvalue weighted by molar-refractivity contribution is 7.99. The van der Waals surface area contributed by atoms with Crippen molar-refractivity contribution in [1.82, 2.24) is 9.55 Å². The number of aryl methyl sites for hydroxylation is 3. The number of unbranched alkanes of at least 4 members (excludes halogenated alkanes) is 1. The Bertz CT molecular complexity index is 987. The molecule has 25 heavy (non-hydrogen) atoms. The molecular weight excluding hydrogens is 348 g/mol. The molecule has 3 aromatic rings. The van der Waals surface area contributed by atoms with Crippen molar-refractivity contribution in [2.24, 2.45) is 0 Å². The Morgan fingerprint density at radius 2 is 2.20 bits per heavy atom. The van der Waals surface area contributed by atoms with E-state index in [0.29, 0.717) is 0 Å². The minimum absolute atomic E-state index is 0.106. The average molecular weight is 371 g/mol. The monoisotopic (exact) mass is 370 g/mol. The first kappa shape index (κ1) is 16.9. The molecule has 5 heteroatoms. The van der Waals surface area contributed by atoms with Gasteiger partial charge < -0.3 is 0 Å². The second-order valence-electron chi connectivity index (χ2n) is 6.61. The Labute approximate surface area is 156 Å². The fourth-order valence-corrected chi connectivity index (χ4v) is 5.82. The molecule has 0 saturated heterocycles. The Morgan fingerprint density at radius 3 is 3.00 bits per heavy atom. The van der Waals surface area contributed by atoms with Crippen LogP contribution in [-0.4, -0.2) is 15.3 Å². The second kappa shape index (κ2) is 6.96. The highest BCUT2D eigenvalue weighted by Gasteiger charge is 2.23. The lowest BCUT2D eigenvalue weighted by Gasteiger charge is -2.13. The number of fused-ring (bicyclic) bond motifs is 3. The molecule has 0 N–H and O–H groups in total. The molecule has 1 aliphatic carbocycles. The van der Waals surface area contributed by atoms with E-state index in [1.807, 2.05) is 16.7 Å². The lowest BCUT2D eigenvalue weighted by Crippen LogP contribution is -2.22. The standard InChI is InChI=1S/C20H22N2OS2/c1-3-4-11-24-20-21-18-17(15-9-6-10-16(15)25-18)19(23)22(20)14-8-5-7-13(2)12-14/h5,7-8,12H,3-4,6,9-11H2,1-2H3. The predicted octanol–water partition coefficient (Wildman–Crippen LogP) is 5.14. The van der Waals surface area contributed by atoms with E-state index in [2.05, 4.69) is 26.0 Å². The minimum atomic E-state index is 0.106. The van der Waals surface area contributed by atoms with Gasteiger partial charge in [0.05, 0.1) is 11.1 Å². The van der Waals surface area contributed by atoms with E-state index in [1.165, 1.54) is 10.4 Å². The van der Waals surface area contributed by atoms with Crippen LogP contribution in [0.4, 0.5) is 0 Å². The first-order valence-corrected chi connectivity index (χ1v) is 10.8. The van der Waals surface area contributed by atoms with Gasteiger partial charge in [-0.3, -0.25) is 9.36 Å². The summed E-state index contributed by atoms with van der Waals surface area (Å²) in [6, 6.07) is 8.16. The summed E-state index contributed by atoms with van der Waals surface area (Å²) >= 11 is 3.42. The van der Waals surface area contributed by atoms with Gasteiger partial charge >= 0.3 is 0 Å². The van der Waals surface area contributed by atoms with Crippen LogP contribution in [-0.2, 0) is 12.8 Å². The van der Waals surface area contributed by atoms with Crippen LogP contribution in [0.3, 0.4) is 0 Å². The normalized spacial score (nSPS) is 13.5. The zero-order valence-corrected chi connectivity index (χ0v) is 16.3. The molecule has 130 valence electrons. The molecule has 0 saturated carbocycles.